The Balaban J connectivity index is 4.28. The number of alkyl carbamates (subject to hydrolysis) is 1. The fourth-order valence-electron chi connectivity index (χ4n) is 1.27. The Morgan fingerprint density at radius 2 is 1.85 bits per heavy atom. The van der Waals surface area contributed by atoms with Crippen molar-refractivity contribution >= 4 is 21.3 Å². The minimum Gasteiger partial charge on any atom is -0.450 e. The van der Waals surface area contributed by atoms with E-state index in [2.05, 4.69) is 5.32 Å². The van der Waals surface area contributed by atoms with Crippen LogP contribution in [0.2, 0.25) is 0 Å². The molecule has 0 heterocycles. The fourth-order valence-corrected chi connectivity index (χ4v) is 2.91. The molecule has 0 radical (unpaired) electrons. The maximum Gasteiger partial charge on any atom is 0.407 e. The first-order valence-corrected chi connectivity index (χ1v) is 9.54. The summed E-state index contributed by atoms with van der Waals surface area (Å²) < 4.78 is 26.6. The van der Waals surface area contributed by atoms with Gasteiger partial charge in [-0.3, -0.25) is 9.13 Å². The highest BCUT2D eigenvalue weighted by atomic mass is 31.2. The molecule has 1 atom stereocenters. The van der Waals surface area contributed by atoms with E-state index in [1.165, 1.54) is 0 Å². The second-order valence-electron chi connectivity index (χ2n) is 4.29. The lowest BCUT2D eigenvalue weighted by atomic mass is 10.3. The molecule has 120 valence electrons. The van der Waals surface area contributed by atoms with Crippen LogP contribution in [0, 0.1) is 0 Å². The van der Waals surface area contributed by atoms with Gasteiger partial charge in [-0.15, -0.1) is 0 Å². The van der Waals surface area contributed by atoms with E-state index >= 15 is 0 Å². The molecule has 0 aromatic carbocycles. The molecule has 0 aromatic rings. The zero-order valence-corrected chi connectivity index (χ0v) is 12.9. The van der Waals surface area contributed by atoms with Gasteiger partial charge in [-0.2, -0.15) is 0 Å². The van der Waals surface area contributed by atoms with Gasteiger partial charge in [-0.25, -0.2) is 4.79 Å². The Labute approximate surface area is 117 Å². The van der Waals surface area contributed by atoms with Crippen LogP contribution in [0.3, 0.4) is 0 Å². The molecule has 0 aromatic heterocycles. The Bertz CT molecular complexity index is 389. The molecule has 1 amide bonds. The number of carbonyl (C=O) groups excluding carboxylic acids is 1. The van der Waals surface area contributed by atoms with Crippen molar-refractivity contribution in [1.29, 1.82) is 0 Å². The molecule has 0 aliphatic heterocycles. The lowest BCUT2D eigenvalue weighted by Gasteiger charge is -2.19. The lowest BCUT2D eigenvalue weighted by Crippen LogP contribution is -2.33. The number of amides is 1. The molecular formula is C9H21NO8P2. The first kappa shape index (κ1) is 19.6. The molecule has 1 unspecified atom stereocenters. The van der Waals surface area contributed by atoms with Gasteiger partial charge in [0.2, 0.25) is 0 Å². The Morgan fingerprint density at radius 1 is 1.25 bits per heavy atom. The van der Waals surface area contributed by atoms with Crippen molar-refractivity contribution in [3.63, 3.8) is 0 Å². The normalized spacial score (nSPS) is 13.8. The lowest BCUT2D eigenvalue weighted by molar-refractivity contribution is 0.144. The van der Waals surface area contributed by atoms with Gasteiger partial charge >= 0.3 is 21.3 Å². The van der Waals surface area contributed by atoms with Crippen LogP contribution in [0.15, 0.2) is 0 Å². The molecule has 0 rings (SSSR count). The standard InChI is InChI=1S/C9H21NO8P2/c1-2-3-5-18-9(11)10-7-8(20(15,16)17)4-6-19(12,13)14/h8H,2-7H2,1H3,(H,10,11)(H2,12,13,14)(H2,15,16,17). The summed E-state index contributed by atoms with van der Waals surface area (Å²) in [4.78, 5) is 46.7. The molecule has 9 nitrogen and oxygen atoms in total. The third-order valence-corrected chi connectivity index (χ3v) is 4.68. The number of hydrogen-bond donors (Lipinski definition) is 5. The van der Waals surface area contributed by atoms with Gasteiger partial charge in [0.15, 0.2) is 0 Å². The Kier molecular flexibility index (Phi) is 8.58. The van der Waals surface area contributed by atoms with E-state index in [1.54, 1.807) is 0 Å². The van der Waals surface area contributed by atoms with E-state index < -0.39 is 46.1 Å². The number of ether oxygens (including phenoxy) is 1. The summed E-state index contributed by atoms with van der Waals surface area (Å²) >= 11 is 0. The first-order valence-electron chi connectivity index (χ1n) is 6.06. The molecule has 0 saturated carbocycles. The molecule has 11 heteroatoms. The monoisotopic (exact) mass is 333 g/mol. The van der Waals surface area contributed by atoms with Gasteiger partial charge < -0.3 is 29.6 Å². The summed E-state index contributed by atoms with van der Waals surface area (Å²) in [5, 5.41) is 2.18. The zero-order chi connectivity index (χ0) is 15.8. The van der Waals surface area contributed by atoms with E-state index in [0.717, 1.165) is 6.42 Å². The molecule has 0 bridgehead atoms. The number of unbranched alkanes of at least 4 members (excludes halogenated alkanes) is 1. The predicted molar refractivity (Wildman–Crippen MR) is 71.6 cm³/mol. The third kappa shape index (κ3) is 10.4. The number of hydrogen-bond acceptors (Lipinski definition) is 4. The highest BCUT2D eigenvalue weighted by Gasteiger charge is 2.31. The van der Waals surface area contributed by atoms with Crippen LogP contribution >= 0.6 is 15.2 Å². The SMILES string of the molecule is CCCCOC(=O)NCC(CCP(=O)(O)O)P(=O)(O)O. The summed E-state index contributed by atoms with van der Waals surface area (Å²) in [5.41, 5.74) is -1.35. The van der Waals surface area contributed by atoms with Crippen molar-refractivity contribution in [3.05, 3.63) is 0 Å². The van der Waals surface area contributed by atoms with E-state index in [1.807, 2.05) is 6.92 Å². The van der Waals surface area contributed by atoms with Crippen LogP contribution < -0.4 is 5.32 Å². The van der Waals surface area contributed by atoms with Gasteiger partial charge in [0, 0.05) is 6.54 Å². The minimum absolute atomic E-state index is 0.200. The third-order valence-electron chi connectivity index (χ3n) is 2.44. The molecule has 5 N–H and O–H groups in total. The molecule has 0 fully saturated rings. The first-order chi connectivity index (χ1) is 9.06. The van der Waals surface area contributed by atoms with E-state index in [4.69, 9.17) is 24.3 Å². The summed E-state index contributed by atoms with van der Waals surface area (Å²) in [6.45, 7) is 1.70. The average molecular weight is 333 g/mol. The van der Waals surface area contributed by atoms with Crippen molar-refractivity contribution < 1.29 is 38.2 Å². The average Bonchev–Trinajstić information content (AvgIpc) is 2.25. The van der Waals surface area contributed by atoms with Crippen LogP contribution in [-0.4, -0.2) is 50.6 Å². The zero-order valence-electron chi connectivity index (χ0n) is 11.1. The molecule has 0 saturated heterocycles. The fraction of sp³-hybridized carbons (Fsp3) is 0.889. The Hall–Kier alpha value is -0.430. The second kappa shape index (κ2) is 8.77. The van der Waals surface area contributed by atoms with Crippen LogP contribution in [0.25, 0.3) is 0 Å². The smallest absolute Gasteiger partial charge is 0.407 e. The highest BCUT2D eigenvalue weighted by molar-refractivity contribution is 7.53. The van der Waals surface area contributed by atoms with Gasteiger partial charge in [0.05, 0.1) is 18.4 Å². The van der Waals surface area contributed by atoms with Gasteiger partial charge in [-0.05, 0) is 12.8 Å². The largest absolute Gasteiger partial charge is 0.450 e. The van der Waals surface area contributed by atoms with E-state index in [-0.39, 0.29) is 6.61 Å². The molecule has 0 spiro atoms. The van der Waals surface area contributed by atoms with Crippen molar-refractivity contribution in [2.75, 3.05) is 19.3 Å². The van der Waals surface area contributed by atoms with Crippen LogP contribution in [0.1, 0.15) is 26.2 Å². The van der Waals surface area contributed by atoms with Crippen LogP contribution in [-0.2, 0) is 13.9 Å². The number of nitrogens with one attached hydrogen (secondary N) is 1. The van der Waals surface area contributed by atoms with Crippen molar-refractivity contribution in [1.82, 2.24) is 5.32 Å². The minimum atomic E-state index is -4.56. The predicted octanol–water partition coefficient (Wildman–Crippen LogP) is 0.627. The Morgan fingerprint density at radius 3 is 2.30 bits per heavy atom. The maximum absolute atomic E-state index is 11.2. The molecule has 0 aliphatic rings. The van der Waals surface area contributed by atoms with Crippen molar-refractivity contribution in [3.8, 4) is 0 Å². The second-order valence-corrected chi connectivity index (χ2v) is 7.98. The maximum atomic E-state index is 11.2. The molecule has 20 heavy (non-hydrogen) atoms. The van der Waals surface area contributed by atoms with Gasteiger partial charge in [0.25, 0.3) is 0 Å². The van der Waals surface area contributed by atoms with Crippen molar-refractivity contribution in [2.45, 2.75) is 31.8 Å². The van der Waals surface area contributed by atoms with E-state index in [0.29, 0.717) is 6.42 Å². The van der Waals surface area contributed by atoms with Crippen LogP contribution in [0.5, 0.6) is 0 Å². The summed E-state index contributed by atoms with van der Waals surface area (Å²) in [6, 6.07) is 0. The molecular weight excluding hydrogens is 312 g/mol. The molecule has 0 aliphatic carbocycles. The topological polar surface area (TPSA) is 153 Å². The number of rotatable bonds is 9. The van der Waals surface area contributed by atoms with E-state index in [9.17, 15) is 13.9 Å². The summed E-state index contributed by atoms with van der Waals surface area (Å²) in [7, 11) is -8.91. The summed E-state index contributed by atoms with van der Waals surface area (Å²) in [5.74, 6) is 0. The van der Waals surface area contributed by atoms with Gasteiger partial charge in [0.1, 0.15) is 0 Å². The van der Waals surface area contributed by atoms with Crippen LogP contribution in [0.4, 0.5) is 4.79 Å². The highest BCUT2D eigenvalue weighted by Crippen LogP contribution is 2.46. The quantitative estimate of drug-likeness (QED) is 0.304. The van der Waals surface area contributed by atoms with Crippen molar-refractivity contribution in [2.24, 2.45) is 0 Å². The number of carbonyl (C=O) groups is 1. The summed E-state index contributed by atoms with van der Waals surface area (Å²) in [6.07, 6.45) is -0.360. The van der Waals surface area contributed by atoms with Gasteiger partial charge in [-0.1, -0.05) is 13.3 Å².